The first-order valence-electron chi connectivity index (χ1n) is 2.98. The van der Waals surface area contributed by atoms with Crippen molar-refractivity contribution in [3.63, 3.8) is 0 Å². The second-order valence-corrected chi connectivity index (χ2v) is 2.26. The Morgan fingerprint density at radius 3 is 2.18 bits per heavy atom. The van der Waals surface area contributed by atoms with Gasteiger partial charge >= 0.3 is 5.97 Å². The van der Waals surface area contributed by atoms with Crippen molar-refractivity contribution < 1.29 is 25.2 Å². The summed E-state index contributed by atoms with van der Waals surface area (Å²) in [6, 6.07) is -1.18. The third-order valence-corrected chi connectivity index (χ3v) is 1.11. The Morgan fingerprint density at radius 1 is 1.45 bits per heavy atom. The lowest BCUT2D eigenvalue weighted by Crippen LogP contribution is -2.35. The molecule has 0 saturated heterocycles. The molecule has 6 heteroatoms. The summed E-state index contributed by atoms with van der Waals surface area (Å²) >= 11 is 0. The maximum Gasteiger partial charge on any atom is 0.320 e. The van der Waals surface area contributed by atoms with Crippen LogP contribution in [0.3, 0.4) is 0 Å². The minimum atomic E-state index is -2.83. The zero-order valence-corrected chi connectivity index (χ0v) is 5.77. The van der Waals surface area contributed by atoms with Crippen LogP contribution in [0.15, 0.2) is 0 Å². The van der Waals surface area contributed by atoms with E-state index in [1.54, 1.807) is 0 Å². The Bertz CT molecular complexity index is 140. The maximum absolute atomic E-state index is 10.0. The normalized spacial score (nSPS) is 14.5. The smallest absolute Gasteiger partial charge is 0.320 e. The standard InChI is InChI=1S/C5H11NO5/c6-3(4(7)8)1-2-5(9,10)11/h3,9-11H,1-2,6H2,(H,7,8)/t3-/m0/s1. The molecule has 0 aliphatic heterocycles. The first kappa shape index (κ1) is 10.3. The molecular weight excluding hydrogens is 154 g/mol. The number of carbonyl (C=O) groups is 1. The van der Waals surface area contributed by atoms with Gasteiger partial charge in [-0.1, -0.05) is 0 Å². The average Bonchev–Trinajstić information content (AvgIpc) is 1.80. The lowest BCUT2D eigenvalue weighted by atomic mass is 10.1. The molecule has 6 N–H and O–H groups in total. The lowest BCUT2D eigenvalue weighted by Gasteiger charge is -2.14. The lowest BCUT2D eigenvalue weighted by molar-refractivity contribution is -0.315. The third-order valence-electron chi connectivity index (χ3n) is 1.11. The molecule has 11 heavy (non-hydrogen) atoms. The summed E-state index contributed by atoms with van der Waals surface area (Å²) in [5.74, 6) is -4.07. The molecule has 0 radical (unpaired) electrons. The van der Waals surface area contributed by atoms with Crippen LogP contribution < -0.4 is 5.73 Å². The van der Waals surface area contributed by atoms with Gasteiger partial charge in [0.2, 0.25) is 0 Å². The third kappa shape index (κ3) is 5.74. The molecule has 0 rings (SSSR count). The molecular formula is C5H11NO5. The first-order valence-corrected chi connectivity index (χ1v) is 2.98. The van der Waals surface area contributed by atoms with Gasteiger partial charge in [-0.15, -0.1) is 0 Å². The number of hydrogen-bond acceptors (Lipinski definition) is 5. The largest absolute Gasteiger partial charge is 0.480 e. The fourth-order valence-corrected chi connectivity index (χ4v) is 0.473. The molecule has 0 aromatic rings. The van der Waals surface area contributed by atoms with E-state index in [1.165, 1.54) is 0 Å². The first-order chi connectivity index (χ1) is 4.83. The summed E-state index contributed by atoms with van der Waals surface area (Å²) < 4.78 is 0. The van der Waals surface area contributed by atoms with E-state index in [9.17, 15) is 4.79 Å². The Balaban J connectivity index is 3.63. The molecule has 66 valence electrons. The number of carboxylic acids is 1. The number of carboxylic acid groups (broad SMARTS) is 1. The number of aliphatic hydroxyl groups is 3. The molecule has 0 spiro atoms. The van der Waals surface area contributed by atoms with Crippen LogP contribution in [0.4, 0.5) is 0 Å². The van der Waals surface area contributed by atoms with Crippen LogP contribution in [0.25, 0.3) is 0 Å². The SMILES string of the molecule is N[C@@H](CCC(O)(O)O)C(=O)O. The van der Waals surface area contributed by atoms with E-state index >= 15 is 0 Å². The van der Waals surface area contributed by atoms with E-state index in [0.29, 0.717) is 0 Å². The van der Waals surface area contributed by atoms with Crippen molar-refractivity contribution in [1.82, 2.24) is 0 Å². The predicted octanol–water partition coefficient (Wildman–Crippen LogP) is -2.19. The Hall–Kier alpha value is -0.690. The molecule has 0 fully saturated rings. The van der Waals surface area contributed by atoms with Gasteiger partial charge in [0.05, 0.1) is 0 Å². The second kappa shape index (κ2) is 3.63. The topological polar surface area (TPSA) is 124 Å². The quantitative estimate of drug-likeness (QED) is 0.301. The van der Waals surface area contributed by atoms with E-state index in [2.05, 4.69) is 0 Å². The van der Waals surface area contributed by atoms with Gasteiger partial charge in [0.25, 0.3) is 5.97 Å². The molecule has 0 aromatic heterocycles. The highest BCUT2D eigenvalue weighted by atomic mass is 16.7. The molecule has 1 atom stereocenters. The van der Waals surface area contributed by atoms with Crippen molar-refractivity contribution in [2.45, 2.75) is 24.9 Å². The number of aliphatic carboxylic acids is 1. The van der Waals surface area contributed by atoms with Crippen LogP contribution in [0.5, 0.6) is 0 Å². The second-order valence-electron chi connectivity index (χ2n) is 2.26. The molecule has 0 saturated carbocycles. The summed E-state index contributed by atoms with van der Waals surface area (Å²) in [6.45, 7) is 0. The minimum absolute atomic E-state index is 0.196. The predicted molar refractivity (Wildman–Crippen MR) is 34.2 cm³/mol. The van der Waals surface area contributed by atoms with Crippen molar-refractivity contribution in [3.8, 4) is 0 Å². The minimum Gasteiger partial charge on any atom is -0.480 e. The van der Waals surface area contributed by atoms with Crippen LogP contribution in [-0.2, 0) is 4.79 Å². The maximum atomic E-state index is 10.0. The summed E-state index contributed by atoms with van der Waals surface area (Å²) in [7, 11) is 0. The number of nitrogens with two attached hydrogens (primary N) is 1. The molecule has 0 aliphatic carbocycles. The van der Waals surface area contributed by atoms with Gasteiger partial charge in [0, 0.05) is 6.42 Å². The van der Waals surface area contributed by atoms with Crippen LogP contribution >= 0.6 is 0 Å². The van der Waals surface area contributed by atoms with Gasteiger partial charge in [-0.05, 0) is 6.42 Å². The van der Waals surface area contributed by atoms with Gasteiger partial charge in [-0.2, -0.15) is 0 Å². The summed E-state index contributed by atoms with van der Waals surface area (Å²) in [4.78, 5) is 10.0. The number of hydrogen-bond donors (Lipinski definition) is 5. The van der Waals surface area contributed by atoms with E-state index in [-0.39, 0.29) is 6.42 Å². The van der Waals surface area contributed by atoms with Crippen LogP contribution in [0, 0.1) is 0 Å². The molecule has 6 nitrogen and oxygen atoms in total. The Kier molecular flexibility index (Phi) is 3.40. The highest BCUT2D eigenvalue weighted by Crippen LogP contribution is 2.05. The van der Waals surface area contributed by atoms with Crippen LogP contribution in [-0.4, -0.2) is 38.4 Å². The van der Waals surface area contributed by atoms with Crippen LogP contribution in [0.1, 0.15) is 12.8 Å². The van der Waals surface area contributed by atoms with E-state index < -0.39 is 24.4 Å². The van der Waals surface area contributed by atoms with Crippen molar-refractivity contribution in [2.75, 3.05) is 0 Å². The molecule has 0 amide bonds. The summed E-state index contributed by atoms with van der Waals surface area (Å²) in [5.41, 5.74) is 4.99. The van der Waals surface area contributed by atoms with Crippen molar-refractivity contribution in [3.05, 3.63) is 0 Å². The Labute approximate surface area is 62.9 Å². The highest BCUT2D eigenvalue weighted by Gasteiger charge is 2.21. The molecule has 0 unspecified atom stereocenters. The monoisotopic (exact) mass is 165 g/mol. The number of rotatable bonds is 4. The molecule has 0 aliphatic rings. The van der Waals surface area contributed by atoms with Gasteiger partial charge in [0.15, 0.2) is 0 Å². The zero-order chi connectivity index (χ0) is 9.07. The summed E-state index contributed by atoms with van der Waals surface area (Å²) in [5, 5.41) is 33.1. The zero-order valence-electron chi connectivity index (χ0n) is 5.77. The van der Waals surface area contributed by atoms with Crippen molar-refractivity contribution >= 4 is 5.97 Å². The van der Waals surface area contributed by atoms with Crippen molar-refractivity contribution in [2.24, 2.45) is 5.73 Å². The fourth-order valence-electron chi connectivity index (χ4n) is 0.473. The van der Waals surface area contributed by atoms with Crippen LogP contribution in [0.2, 0.25) is 0 Å². The van der Waals surface area contributed by atoms with Crippen molar-refractivity contribution in [1.29, 1.82) is 0 Å². The highest BCUT2D eigenvalue weighted by molar-refractivity contribution is 5.72. The van der Waals surface area contributed by atoms with Gasteiger partial charge in [-0.3, -0.25) is 4.79 Å². The van der Waals surface area contributed by atoms with Gasteiger partial charge < -0.3 is 26.2 Å². The molecule has 0 aromatic carbocycles. The molecule has 0 heterocycles. The summed E-state index contributed by atoms with van der Waals surface area (Å²) in [6.07, 6.45) is -0.681. The van der Waals surface area contributed by atoms with E-state index in [1.807, 2.05) is 0 Å². The van der Waals surface area contributed by atoms with E-state index in [4.69, 9.17) is 26.2 Å². The molecule has 0 bridgehead atoms. The van der Waals surface area contributed by atoms with Gasteiger partial charge in [-0.25, -0.2) is 0 Å². The van der Waals surface area contributed by atoms with E-state index in [0.717, 1.165) is 0 Å². The average molecular weight is 165 g/mol. The Morgan fingerprint density at radius 2 is 1.91 bits per heavy atom. The van der Waals surface area contributed by atoms with Gasteiger partial charge in [0.1, 0.15) is 6.04 Å². The fraction of sp³-hybridized carbons (Fsp3) is 0.800.